The second kappa shape index (κ2) is 2.68. The average Bonchev–Trinajstić information content (AvgIpc) is 2.53. The van der Waals surface area contributed by atoms with Gasteiger partial charge in [0.15, 0.2) is 0 Å². The van der Waals surface area contributed by atoms with Crippen molar-refractivity contribution < 1.29 is 4.84 Å². The summed E-state index contributed by atoms with van der Waals surface area (Å²) in [5, 5.41) is 4.04. The van der Waals surface area contributed by atoms with Gasteiger partial charge in [-0.15, -0.1) is 0 Å². The van der Waals surface area contributed by atoms with Crippen LogP contribution < -0.4 is 0 Å². The van der Waals surface area contributed by atoms with Crippen LogP contribution in [-0.2, 0) is 4.84 Å². The fraction of sp³-hybridized carbons (Fsp3) is 0.667. The minimum absolute atomic E-state index is 0.404. The number of nitrogens with zero attached hydrogens (tertiary/aromatic N) is 1. The van der Waals surface area contributed by atoms with Crippen LogP contribution >= 0.6 is 0 Å². The quantitative estimate of drug-likeness (QED) is 0.562. The van der Waals surface area contributed by atoms with Crippen LogP contribution in [0.4, 0.5) is 0 Å². The van der Waals surface area contributed by atoms with Crippen LogP contribution in [0.15, 0.2) is 17.3 Å². The summed E-state index contributed by atoms with van der Waals surface area (Å²) in [6.45, 7) is 2.02. The first kappa shape index (κ1) is 6.89. The van der Waals surface area contributed by atoms with Crippen LogP contribution in [0.5, 0.6) is 0 Å². The lowest BCUT2D eigenvalue weighted by Gasteiger charge is -2.04. The van der Waals surface area contributed by atoms with Crippen molar-refractivity contribution >= 4 is 5.71 Å². The highest BCUT2D eigenvalue weighted by molar-refractivity contribution is 5.97. The molecule has 0 unspecified atom stereocenters. The number of rotatable bonds is 1. The summed E-state index contributed by atoms with van der Waals surface area (Å²) in [5.41, 5.74) is 1.15. The van der Waals surface area contributed by atoms with E-state index in [4.69, 9.17) is 4.84 Å². The van der Waals surface area contributed by atoms with E-state index in [1.165, 1.54) is 19.3 Å². The van der Waals surface area contributed by atoms with Crippen LogP contribution in [0.2, 0.25) is 0 Å². The lowest BCUT2D eigenvalue weighted by molar-refractivity contribution is 0.0746. The number of oxime groups is 1. The van der Waals surface area contributed by atoms with Crippen molar-refractivity contribution in [2.45, 2.75) is 32.3 Å². The Morgan fingerprint density at radius 3 is 3.27 bits per heavy atom. The van der Waals surface area contributed by atoms with Crippen LogP contribution in [0.25, 0.3) is 0 Å². The van der Waals surface area contributed by atoms with Crippen molar-refractivity contribution in [3.05, 3.63) is 12.2 Å². The number of hydrogen-bond donors (Lipinski definition) is 0. The maximum Gasteiger partial charge on any atom is 0.136 e. The van der Waals surface area contributed by atoms with Gasteiger partial charge in [0.05, 0.1) is 5.71 Å². The van der Waals surface area contributed by atoms with Crippen LogP contribution in [0, 0.1) is 5.92 Å². The summed E-state index contributed by atoms with van der Waals surface area (Å²) in [6.07, 6.45) is 8.25. The van der Waals surface area contributed by atoms with Gasteiger partial charge in [-0.3, -0.25) is 0 Å². The zero-order valence-electron chi connectivity index (χ0n) is 6.79. The number of hydrogen-bond acceptors (Lipinski definition) is 2. The van der Waals surface area contributed by atoms with Gasteiger partial charge in [0.1, 0.15) is 6.10 Å². The number of fused-ring (bicyclic) bond motifs is 1. The Morgan fingerprint density at radius 2 is 2.45 bits per heavy atom. The van der Waals surface area contributed by atoms with E-state index in [1.807, 2.05) is 13.0 Å². The molecule has 2 atom stereocenters. The summed E-state index contributed by atoms with van der Waals surface area (Å²) in [5.74, 6) is 0.603. The molecule has 1 aliphatic carbocycles. The van der Waals surface area contributed by atoms with E-state index in [9.17, 15) is 0 Å². The van der Waals surface area contributed by atoms with E-state index in [0.29, 0.717) is 12.0 Å². The molecule has 0 aromatic carbocycles. The Hall–Kier alpha value is -0.790. The molecular formula is C9H13NO. The van der Waals surface area contributed by atoms with Crippen molar-refractivity contribution in [1.82, 2.24) is 0 Å². The Kier molecular flexibility index (Phi) is 1.68. The fourth-order valence-electron chi connectivity index (χ4n) is 1.91. The van der Waals surface area contributed by atoms with E-state index >= 15 is 0 Å². The smallest absolute Gasteiger partial charge is 0.136 e. The maximum absolute atomic E-state index is 5.28. The van der Waals surface area contributed by atoms with Crippen molar-refractivity contribution in [3.63, 3.8) is 0 Å². The molecular weight excluding hydrogens is 138 g/mol. The second-order valence-corrected chi connectivity index (χ2v) is 3.20. The molecule has 11 heavy (non-hydrogen) atoms. The zero-order chi connectivity index (χ0) is 7.68. The van der Waals surface area contributed by atoms with Crippen LogP contribution in [0.1, 0.15) is 26.2 Å². The molecule has 0 amide bonds. The van der Waals surface area contributed by atoms with Crippen LogP contribution in [0.3, 0.4) is 0 Å². The van der Waals surface area contributed by atoms with Crippen molar-refractivity contribution in [2.75, 3.05) is 0 Å². The predicted molar refractivity (Wildman–Crippen MR) is 44.5 cm³/mol. The van der Waals surface area contributed by atoms with Gasteiger partial charge < -0.3 is 4.84 Å². The summed E-state index contributed by atoms with van der Waals surface area (Å²) in [6, 6.07) is 0. The van der Waals surface area contributed by atoms with Crippen molar-refractivity contribution in [2.24, 2.45) is 11.1 Å². The molecule has 0 spiro atoms. The van der Waals surface area contributed by atoms with Gasteiger partial charge >= 0.3 is 0 Å². The predicted octanol–water partition coefficient (Wildman–Crippen LogP) is 2.12. The third kappa shape index (κ3) is 1.06. The molecule has 0 aromatic rings. The van der Waals surface area contributed by atoms with Gasteiger partial charge in [0.25, 0.3) is 0 Å². The molecule has 1 aliphatic heterocycles. The lowest BCUT2D eigenvalue weighted by atomic mass is 10.0. The molecule has 0 aromatic heterocycles. The maximum atomic E-state index is 5.28. The first-order valence-electron chi connectivity index (χ1n) is 4.28. The van der Waals surface area contributed by atoms with E-state index in [1.54, 1.807) is 0 Å². The summed E-state index contributed by atoms with van der Waals surface area (Å²) in [7, 11) is 0. The van der Waals surface area contributed by atoms with E-state index < -0.39 is 0 Å². The Bertz CT molecular complexity index is 208. The topological polar surface area (TPSA) is 21.6 Å². The Balaban J connectivity index is 2.11. The molecule has 0 bridgehead atoms. The highest BCUT2D eigenvalue weighted by atomic mass is 16.6. The molecule has 0 N–H and O–H groups in total. The molecule has 60 valence electrons. The Morgan fingerprint density at radius 1 is 1.55 bits per heavy atom. The monoisotopic (exact) mass is 151 g/mol. The highest BCUT2D eigenvalue weighted by Gasteiger charge is 2.36. The molecule has 2 heteroatoms. The summed E-state index contributed by atoms with van der Waals surface area (Å²) < 4.78 is 0. The zero-order valence-corrected chi connectivity index (χ0v) is 6.79. The second-order valence-electron chi connectivity index (χ2n) is 3.20. The van der Waals surface area contributed by atoms with Gasteiger partial charge in [-0.1, -0.05) is 11.2 Å². The number of allylic oxidation sites excluding steroid dienone is 2. The van der Waals surface area contributed by atoms with E-state index in [-0.39, 0.29) is 0 Å². The molecule has 1 saturated carbocycles. The molecule has 2 aliphatic rings. The molecule has 0 saturated heterocycles. The minimum Gasteiger partial charge on any atom is -0.392 e. The fourth-order valence-corrected chi connectivity index (χ4v) is 1.91. The van der Waals surface area contributed by atoms with E-state index in [2.05, 4.69) is 11.2 Å². The normalized spacial score (nSPS) is 35.5. The molecule has 1 heterocycles. The van der Waals surface area contributed by atoms with Gasteiger partial charge in [-0.25, -0.2) is 0 Å². The Labute approximate surface area is 66.9 Å². The van der Waals surface area contributed by atoms with Crippen LogP contribution in [-0.4, -0.2) is 11.8 Å². The molecule has 2 nitrogen and oxygen atoms in total. The van der Waals surface area contributed by atoms with E-state index in [0.717, 1.165) is 5.71 Å². The molecule has 1 fully saturated rings. The minimum atomic E-state index is 0.404. The van der Waals surface area contributed by atoms with Crippen molar-refractivity contribution in [1.29, 1.82) is 0 Å². The SMILES string of the molecule is C/C=C/C1=NO[C@@H]2CCC[C@@H]12. The average molecular weight is 151 g/mol. The standard InChI is InChI=1S/C9H13NO/c1-2-4-8-7-5-3-6-9(7)11-10-8/h2,4,7,9H,3,5-6H2,1H3/b4-2+/t7-,9+/m0/s1. The highest BCUT2D eigenvalue weighted by Crippen LogP contribution is 2.34. The first-order chi connectivity index (χ1) is 5.42. The largest absolute Gasteiger partial charge is 0.392 e. The van der Waals surface area contributed by atoms with Gasteiger partial charge in [0, 0.05) is 5.92 Å². The lowest BCUT2D eigenvalue weighted by Crippen LogP contribution is -2.14. The summed E-state index contributed by atoms with van der Waals surface area (Å²) >= 11 is 0. The van der Waals surface area contributed by atoms with Gasteiger partial charge in [0.2, 0.25) is 0 Å². The van der Waals surface area contributed by atoms with Crippen molar-refractivity contribution in [3.8, 4) is 0 Å². The summed E-state index contributed by atoms with van der Waals surface area (Å²) in [4.78, 5) is 5.28. The van der Waals surface area contributed by atoms with Gasteiger partial charge in [-0.05, 0) is 32.3 Å². The first-order valence-corrected chi connectivity index (χ1v) is 4.28. The third-order valence-electron chi connectivity index (χ3n) is 2.46. The molecule has 2 rings (SSSR count). The van der Waals surface area contributed by atoms with Gasteiger partial charge in [-0.2, -0.15) is 0 Å². The molecule has 0 radical (unpaired) electrons. The third-order valence-corrected chi connectivity index (χ3v) is 2.46.